The molecule has 0 spiro atoms. The molecule has 0 radical (unpaired) electrons. The molecule has 2 aromatic carbocycles. The Labute approximate surface area is 148 Å². The molecule has 4 nitrogen and oxygen atoms in total. The number of halogens is 1. The second kappa shape index (κ2) is 9.06. The molecule has 5 heteroatoms. The first-order valence-electron chi connectivity index (χ1n) is 8.58. The van der Waals surface area contributed by atoms with Crippen LogP contribution in [0.2, 0.25) is 0 Å². The normalized spacial score (nSPS) is 12.7. The van der Waals surface area contributed by atoms with E-state index in [4.69, 9.17) is 0 Å². The molecular formula is C20H26FN3O. The molecule has 0 aromatic heterocycles. The van der Waals surface area contributed by atoms with Crippen molar-refractivity contribution >= 4 is 5.96 Å². The van der Waals surface area contributed by atoms with Gasteiger partial charge in [-0.15, -0.1) is 0 Å². The van der Waals surface area contributed by atoms with Crippen molar-refractivity contribution in [3.05, 3.63) is 65.0 Å². The second-order valence-corrected chi connectivity index (χ2v) is 6.06. The molecule has 0 saturated heterocycles. The van der Waals surface area contributed by atoms with Crippen molar-refractivity contribution in [1.82, 2.24) is 10.6 Å². The first-order valence-corrected chi connectivity index (χ1v) is 8.58. The van der Waals surface area contributed by atoms with Crippen molar-refractivity contribution in [2.75, 3.05) is 13.1 Å². The van der Waals surface area contributed by atoms with Crippen LogP contribution in [-0.2, 0) is 6.42 Å². The molecule has 25 heavy (non-hydrogen) atoms. The molecule has 3 N–H and O–H groups in total. The highest BCUT2D eigenvalue weighted by Crippen LogP contribution is 2.16. The molecule has 0 aliphatic carbocycles. The standard InChI is InChI=1S/C20H26FN3O/c1-4-22-20(23-11-10-16-6-5-7-18(25)12-16)24-15(3)17-9-8-14(2)19(21)13-17/h5-9,12-13,15,25H,4,10-11H2,1-3H3,(H2,22,23,24). The molecule has 0 bridgehead atoms. The number of aliphatic imine (C=N–C) groups is 1. The zero-order chi connectivity index (χ0) is 18.2. The number of phenols is 1. The third-order valence-electron chi connectivity index (χ3n) is 3.97. The van der Waals surface area contributed by atoms with Crippen LogP contribution >= 0.6 is 0 Å². The lowest BCUT2D eigenvalue weighted by Gasteiger charge is -2.18. The van der Waals surface area contributed by atoms with E-state index in [1.54, 1.807) is 31.2 Å². The second-order valence-electron chi connectivity index (χ2n) is 6.06. The Bertz CT molecular complexity index is 731. The zero-order valence-electron chi connectivity index (χ0n) is 15.0. The summed E-state index contributed by atoms with van der Waals surface area (Å²) in [6.45, 7) is 7.07. The van der Waals surface area contributed by atoms with E-state index in [0.29, 0.717) is 18.1 Å². The summed E-state index contributed by atoms with van der Waals surface area (Å²) in [5.74, 6) is 0.759. The molecule has 1 atom stereocenters. The number of phenolic OH excluding ortho intramolecular Hbond substituents is 1. The van der Waals surface area contributed by atoms with E-state index in [-0.39, 0.29) is 17.6 Å². The Morgan fingerprint density at radius 2 is 2.04 bits per heavy atom. The molecule has 134 valence electrons. The van der Waals surface area contributed by atoms with Crippen molar-refractivity contribution < 1.29 is 9.50 Å². The summed E-state index contributed by atoms with van der Waals surface area (Å²) in [5, 5.41) is 16.0. The number of aryl methyl sites for hydroxylation is 1. The first kappa shape index (κ1) is 18.8. The topological polar surface area (TPSA) is 56.7 Å². The van der Waals surface area contributed by atoms with Crippen LogP contribution in [0.3, 0.4) is 0 Å². The van der Waals surface area contributed by atoms with Gasteiger partial charge in [-0.1, -0.05) is 24.3 Å². The van der Waals surface area contributed by atoms with E-state index >= 15 is 0 Å². The Hall–Kier alpha value is -2.56. The molecule has 0 aliphatic heterocycles. The van der Waals surface area contributed by atoms with Gasteiger partial charge in [0, 0.05) is 13.1 Å². The largest absolute Gasteiger partial charge is 0.508 e. The maximum Gasteiger partial charge on any atom is 0.191 e. The first-order chi connectivity index (χ1) is 12.0. The van der Waals surface area contributed by atoms with Crippen LogP contribution in [0.15, 0.2) is 47.5 Å². The van der Waals surface area contributed by atoms with Gasteiger partial charge in [-0.3, -0.25) is 4.99 Å². The highest BCUT2D eigenvalue weighted by atomic mass is 19.1. The molecule has 1 unspecified atom stereocenters. The summed E-state index contributed by atoms with van der Waals surface area (Å²) in [5.41, 5.74) is 2.55. The summed E-state index contributed by atoms with van der Waals surface area (Å²) in [7, 11) is 0. The van der Waals surface area contributed by atoms with Crippen LogP contribution < -0.4 is 10.6 Å². The Balaban J connectivity index is 1.99. The SMILES string of the molecule is CCNC(=NCCc1cccc(O)c1)NC(C)c1ccc(C)c(F)c1. The fraction of sp³-hybridized carbons (Fsp3) is 0.350. The van der Waals surface area contributed by atoms with Gasteiger partial charge in [0.15, 0.2) is 5.96 Å². The van der Waals surface area contributed by atoms with Crippen molar-refractivity contribution in [3.63, 3.8) is 0 Å². The van der Waals surface area contributed by atoms with Crippen LogP contribution in [0.5, 0.6) is 5.75 Å². The maximum absolute atomic E-state index is 13.8. The number of guanidine groups is 1. The minimum absolute atomic E-state index is 0.0614. The molecular weight excluding hydrogens is 317 g/mol. The van der Waals surface area contributed by atoms with Crippen LogP contribution in [-0.4, -0.2) is 24.2 Å². The van der Waals surface area contributed by atoms with E-state index in [2.05, 4.69) is 15.6 Å². The van der Waals surface area contributed by atoms with Crippen molar-refractivity contribution in [3.8, 4) is 5.75 Å². The number of nitrogens with zero attached hydrogens (tertiary/aromatic N) is 1. The fourth-order valence-electron chi connectivity index (χ4n) is 2.50. The van der Waals surface area contributed by atoms with Gasteiger partial charge in [-0.25, -0.2) is 4.39 Å². The summed E-state index contributed by atoms with van der Waals surface area (Å²) in [4.78, 5) is 4.56. The Kier molecular flexibility index (Phi) is 6.81. The molecule has 2 aromatic rings. The van der Waals surface area contributed by atoms with Gasteiger partial charge >= 0.3 is 0 Å². The van der Waals surface area contributed by atoms with Gasteiger partial charge in [0.25, 0.3) is 0 Å². The number of hydrogen-bond donors (Lipinski definition) is 3. The number of aromatic hydroxyl groups is 1. The zero-order valence-corrected chi connectivity index (χ0v) is 15.0. The van der Waals surface area contributed by atoms with Crippen molar-refractivity contribution in [2.24, 2.45) is 4.99 Å². The third-order valence-corrected chi connectivity index (χ3v) is 3.97. The van der Waals surface area contributed by atoms with Crippen molar-refractivity contribution in [1.29, 1.82) is 0 Å². The van der Waals surface area contributed by atoms with Gasteiger partial charge in [0.05, 0.1) is 6.04 Å². The molecule has 0 saturated carbocycles. The van der Waals surface area contributed by atoms with E-state index in [1.165, 1.54) is 0 Å². The predicted molar refractivity (Wildman–Crippen MR) is 100 cm³/mol. The average Bonchev–Trinajstić information content (AvgIpc) is 2.57. The van der Waals surface area contributed by atoms with Crippen LogP contribution in [0.25, 0.3) is 0 Å². The molecule has 0 fully saturated rings. The fourth-order valence-corrected chi connectivity index (χ4v) is 2.50. The van der Waals surface area contributed by atoms with E-state index in [1.807, 2.05) is 32.0 Å². The number of nitrogens with one attached hydrogen (secondary N) is 2. The van der Waals surface area contributed by atoms with Gasteiger partial charge in [0.1, 0.15) is 11.6 Å². The van der Waals surface area contributed by atoms with Gasteiger partial charge in [-0.05, 0) is 62.1 Å². The number of benzene rings is 2. The van der Waals surface area contributed by atoms with Gasteiger partial charge < -0.3 is 15.7 Å². The summed E-state index contributed by atoms with van der Waals surface area (Å²) in [6, 6.07) is 12.4. The lowest BCUT2D eigenvalue weighted by Crippen LogP contribution is -2.38. The Morgan fingerprint density at radius 1 is 1.24 bits per heavy atom. The van der Waals surface area contributed by atoms with Crippen LogP contribution in [0.1, 0.15) is 36.6 Å². The summed E-state index contributed by atoms with van der Waals surface area (Å²) in [6.07, 6.45) is 0.735. The predicted octanol–water partition coefficient (Wildman–Crippen LogP) is 3.70. The van der Waals surface area contributed by atoms with E-state index in [0.717, 1.165) is 24.1 Å². The maximum atomic E-state index is 13.8. The van der Waals surface area contributed by atoms with Gasteiger partial charge in [0.2, 0.25) is 0 Å². The number of rotatable bonds is 6. The number of hydrogen-bond acceptors (Lipinski definition) is 2. The molecule has 0 aliphatic rings. The average molecular weight is 343 g/mol. The van der Waals surface area contributed by atoms with Gasteiger partial charge in [-0.2, -0.15) is 0 Å². The molecule has 2 rings (SSSR count). The highest BCUT2D eigenvalue weighted by molar-refractivity contribution is 5.80. The molecule has 0 heterocycles. The van der Waals surface area contributed by atoms with Crippen molar-refractivity contribution in [2.45, 2.75) is 33.2 Å². The minimum atomic E-state index is -0.197. The van der Waals surface area contributed by atoms with Crippen LogP contribution in [0.4, 0.5) is 4.39 Å². The minimum Gasteiger partial charge on any atom is -0.508 e. The monoisotopic (exact) mass is 343 g/mol. The van der Waals surface area contributed by atoms with Crippen LogP contribution in [0, 0.1) is 12.7 Å². The van der Waals surface area contributed by atoms with E-state index < -0.39 is 0 Å². The summed E-state index contributed by atoms with van der Waals surface area (Å²) >= 11 is 0. The third kappa shape index (κ3) is 5.78. The Morgan fingerprint density at radius 3 is 2.72 bits per heavy atom. The quantitative estimate of drug-likeness (QED) is 0.554. The smallest absolute Gasteiger partial charge is 0.191 e. The lowest BCUT2D eigenvalue weighted by molar-refractivity contribution is 0.474. The lowest BCUT2D eigenvalue weighted by atomic mass is 10.1. The highest BCUT2D eigenvalue weighted by Gasteiger charge is 2.09. The molecule has 0 amide bonds. The summed E-state index contributed by atoms with van der Waals surface area (Å²) < 4.78 is 13.8. The van der Waals surface area contributed by atoms with E-state index in [9.17, 15) is 9.50 Å².